The van der Waals surface area contributed by atoms with Crippen LogP contribution in [-0.4, -0.2) is 14.8 Å². The van der Waals surface area contributed by atoms with Crippen molar-refractivity contribution >= 4 is 0 Å². The van der Waals surface area contributed by atoms with Crippen molar-refractivity contribution in [2.24, 2.45) is 7.05 Å². The standard InChI is InChI=1S/C21H16F6N4O/c1-19(2,32-16-9-8-13(20(22,23)24)10-12(16)11-28)18-30-29-17(31(18)3)14-6-4-5-7-15(14)21(25,26)27/h4-10H,1-3H3. The molecule has 11 heteroatoms. The zero-order valence-electron chi connectivity index (χ0n) is 17.0. The molecule has 1 heterocycles. The fourth-order valence-corrected chi connectivity index (χ4v) is 3.22. The summed E-state index contributed by atoms with van der Waals surface area (Å²) in [5, 5.41) is 17.1. The minimum absolute atomic E-state index is 0.0717. The Hall–Kier alpha value is -3.55. The van der Waals surface area contributed by atoms with Gasteiger partial charge >= 0.3 is 12.4 Å². The fraction of sp³-hybridized carbons (Fsp3) is 0.286. The molecule has 0 spiro atoms. The molecule has 3 aromatic rings. The number of nitriles is 1. The van der Waals surface area contributed by atoms with Crippen LogP contribution in [0.15, 0.2) is 42.5 Å². The van der Waals surface area contributed by atoms with Crippen LogP contribution in [0, 0.1) is 11.3 Å². The Kier molecular flexibility index (Phi) is 5.67. The summed E-state index contributed by atoms with van der Waals surface area (Å²) in [6.45, 7) is 3.02. The van der Waals surface area contributed by atoms with E-state index in [-0.39, 0.29) is 28.5 Å². The normalized spacial score (nSPS) is 12.5. The summed E-state index contributed by atoms with van der Waals surface area (Å²) in [4.78, 5) is 0. The molecule has 0 amide bonds. The number of rotatable bonds is 4. The van der Waals surface area contributed by atoms with Crippen molar-refractivity contribution in [3.05, 3.63) is 65.0 Å². The van der Waals surface area contributed by atoms with Crippen molar-refractivity contribution in [2.75, 3.05) is 0 Å². The summed E-state index contributed by atoms with van der Waals surface area (Å²) in [6, 6.07) is 8.97. The highest BCUT2D eigenvalue weighted by molar-refractivity contribution is 5.61. The van der Waals surface area contributed by atoms with E-state index in [9.17, 15) is 31.6 Å². The lowest BCUT2D eigenvalue weighted by Crippen LogP contribution is -2.29. The third-order valence-corrected chi connectivity index (χ3v) is 4.68. The first-order valence-corrected chi connectivity index (χ1v) is 9.12. The number of hydrogen-bond acceptors (Lipinski definition) is 4. The highest BCUT2D eigenvalue weighted by Gasteiger charge is 2.37. The third kappa shape index (κ3) is 4.39. The lowest BCUT2D eigenvalue weighted by atomic mass is 10.1. The minimum Gasteiger partial charge on any atom is -0.478 e. The van der Waals surface area contributed by atoms with Crippen LogP contribution in [0.3, 0.4) is 0 Å². The molecule has 0 bridgehead atoms. The van der Waals surface area contributed by atoms with E-state index in [0.29, 0.717) is 6.07 Å². The van der Waals surface area contributed by atoms with Crippen LogP contribution >= 0.6 is 0 Å². The Morgan fingerprint density at radius 3 is 2.19 bits per heavy atom. The van der Waals surface area contributed by atoms with Crippen molar-refractivity contribution < 1.29 is 31.1 Å². The summed E-state index contributed by atoms with van der Waals surface area (Å²) in [7, 11) is 1.45. The van der Waals surface area contributed by atoms with Gasteiger partial charge in [-0.05, 0) is 38.1 Å². The van der Waals surface area contributed by atoms with E-state index in [1.54, 1.807) is 6.07 Å². The van der Waals surface area contributed by atoms with E-state index in [4.69, 9.17) is 4.74 Å². The molecule has 0 aliphatic heterocycles. The Balaban J connectivity index is 2.01. The van der Waals surface area contributed by atoms with Crippen molar-refractivity contribution in [1.29, 1.82) is 5.26 Å². The van der Waals surface area contributed by atoms with Crippen LogP contribution in [0.2, 0.25) is 0 Å². The Labute approximate surface area is 178 Å². The maximum atomic E-state index is 13.4. The van der Waals surface area contributed by atoms with Crippen LogP contribution in [-0.2, 0) is 25.0 Å². The summed E-state index contributed by atoms with van der Waals surface area (Å²) in [5.74, 6) is -0.100. The molecule has 168 valence electrons. The number of aromatic nitrogens is 3. The molecule has 0 saturated heterocycles. The van der Waals surface area contributed by atoms with Gasteiger partial charge in [-0.25, -0.2) is 0 Å². The number of halogens is 6. The first-order valence-electron chi connectivity index (χ1n) is 9.12. The van der Waals surface area contributed by atoms with Crippen molar-refractivity contribution in [1.82, 2.24) is 14.8 Å². The zero-order chi connectivity index (χ0) is 23.9. The number of hydrogen-bond donors (Lipinski definition) is 0. The van der Waals surface area contributed by atoms with Crippen molar-refractivity contribution in [3.8, 4) is 23.2 Å². The van der Waals surface area contributed by atoms with E-state index in [1.807, 2.05) is 0 Å². The molecule has 0 N–H and O–H groups in total. The molecule has 3 rings (SSSR count). The van der Waals surface area contributed by atoms with Crippen LogP contribution in [0.4, 0.5) is 26.3 Å². The lowest BCUT2D eigenvalue weighted by Gasteiger charge is -2.26. The van der Waals surface area contributed by atoms with Gasteiger partial charge in [0, 0.05) is 12.6 Å². The molecule has 32 heavy (non-hydrogen) atoms. The first kappa shape index (κ1) is 23.1. The quantitative estimate of drug-likeness (QED) is 0.474. The molecule has 0 saturated carbocycles. The monoisotopic (exact) mass is 454 g/mol. The first-order chi connectivity index (χ1) is 14.8. The molecule has 1 aromatic heterocycles. The highest BCUT2D eigenvalue weighted by atomic mass is 19.4. The van der Waals surface area contributed by atoms with Gasteiger partial charge in [-0.1, -0.05) is 18.2 Å². The number of nitrogens with zero attached hydrogens (tertiary/aromatic N) is 4. The predicted octanol–water partition coefficient (Wildman–Crippen LogP) is 5.71. The van der Waals surface area contributed by atoms with Crippen molar-refractivity contribution in [2.45, 2.75) is 31.8 Å². The molecule has 5 nitrogen and oxygen atoms in total. The summed E-state index contributed by atoms with van der Waals surface area (Å²) >= 11 is 0. The van der Waals surface area contributed by atoms with Gasteiger partial charge in [0.25, 0.3) is 0 Å². The van der Waals surface area contributed by atoms with Gasteiger partial charge < -0.3 is 9.30 Å². The maximum Gasteiger partial charge on any atom is 0.417 e. The molecular formula is C21H16F6N4O. The smallest absolute Gasteiger partial charge is 0.417 e. The SMILES string of the molecule is Cn1c(-c2ccccc2C(F)(F)F)nnc1C(C)(C)Oc1ccc(C(F)(F)F)cc1C#N. The second-order valence-electron chi connectivity index (χ2n) is 7.38. The van der Waals surface area contributed by atoms with E-state index in [0.717, 1.165) is 18.2 Å². The van der Waals surface area contributed by atoms with Gasteiger partial charge in [0.05, 0.1) is 16.7 Å². The van der Waals surface area contributed by atoms with Gasteiger partial charge in [0.15, 0.2) is 17.2 Å². The molecule has 0 aliphatic rings. The minimum atomic E-state index is -4.63. The number of ether oxygens (including phenoxy) is 1. The van der Waals surface area contributed by atoms with Gasteiger partial charge in [-0.15, -0.1) is 10.2 Å². The Bertz CT molecular complexity index is 1190. The Morgan fingerprint density at radius 1 is 0.938 bits per heavy atom. The number of alkyl halides is 6. The average Bonchev–Trinajstić information content (AvgIpc) is 3.08. The van der Waals surface area contributed by atoms with Gasteiger partial charge in [-0.2, -0.15) is 31.6 Å². The lowest BCUT2D eigenvalue weighted by molar-refractivity contribution is -0.138. The van der Waals surface area contributed by atoms with E-state index in [2.05, 4.69) is 10.2 Å². The molecule has 0 fully saturated rings. The summed E-state index contributed by atoms with van der Waals surface area (Å²) < 4.78 is 86.0. The second kappa shape index (κ2) is 7.85. The van der Waals surface area contributed by atoms with Gasteiger partial charge in [-0.3, -0.25) is 0 Å². The largest absolute Gasteiger partial charge is 0.478 e. The van der Waals surface area contributed by atoms with E-state index in [1.165, 1.54) is 43.7 Å². The van der Waals surface area contributed by atoms with Gasteiger partial charge in [0.2, 0.25) is 0 Å². The molecule has 0 atom stereocenters. The highest BCUT2D eigenvalue weighted by Crippen LogP contribution is 2.38. The van der Waals surface area contributed by atoms with E-state index < -0.39 is 29.1 Å². The van der Waals surface area contributed by atoms with E-state index >= 15 is 0 Å². The second-order valence-corrected chi connectivity index (χ2v) is 7.38. The molecular weight excluding hydrogens is 438 g/mol. The third-order valence-electron chi connectivity index (χ3n) is 4.68. The van der Waals surface area contributed by atoms with Crippen LogP contribution < -0.4 is 4.74 Å². The van der Waals surface area contributed by atoms with Crippen LogP contribution in [0.25, 0.3) is 11.4 Å². The summed E-state index contributed by atoms with van der Waals surface area (Å²) in [6.07, 6.45) is -9.25. The maximum absolute atomic E-state index is 13.4. The molecule has 2 aromatic carbocycles. The molecule has 0 aliphatic carbocycles. The fourth-order valence-electron chi connectivity index (χ4n) is 3.22. The molecule has 0 radical (unpaired) electrons. The van der Waals surface area contributed by atoms with Gasteiger partial charge in [0.1, 0.15) is 11.8 Å². The number of benzene rings is 2. The average molecular weight is 454 g/mol. The summed E-state index contributed by atoms with van der Waals surface area (Å²) in [5.41, 5.74) is -3.79. The topological polar surface area (TPSA) is 63.7 Å². The molecule has 0 unspecified atom stereocenters. The zero-order valence-corrected chi connectivity index (χ0v) is 17.0. The van der Waals surface area contributed by atoms with Crippen LogP contribution in [0.5, 0.6) is 5.75 Å². The predicted molar refractivity (Wildman–Crippen MR) is 101 cm³/mol. The van der Waals surface area contributed by atoms with Crippen LogP contribution in [0.1, 0.15) is 36.4 Å². The van der Waals surface area contributed by atoms with Crippen molar-refractivity contribution in [3.63, 3.8) is 0 Å². The Morgan fingerprint density at radius 2 is 1.59 bits per heavy atom.